The summed E-state index contributed by atoms with van der Waals surface area (Å²) in [6.45, 7) is 1.06. The second-order valence-electron chi connectivity index (χ2n) is 3.72. The highest BCUT2D eigenvalue weighted by Crippen LogP contribution is 2.28. The van der Waals surface area contributed by atoms with Gasteiger partial charge in [-0.3, -0.25) is 4.79 Å². The van der Waals surface area contributed by atoms with Gasteiger partial charge in [0.25, 0.3) is 0 Å². The van der Waals surface area contributed by atoms with E-state index in [0.29, 0.717) is 19.5 Å². The smallest absolute Gasteiger partial charge is 0.246 e. The van der Waals surface area contributed by atoms with Gasteiger partial charge in [0.1, 0.15) is 0 Å². The van der Waals surface area contributed by atoms with Gasteiger partial charge in [-0.05, 0) is 18.6 Å². The number of nitrogens with one attached hydrogen (secondary N) is 1. The fourth-order valence-corrected chi connectivity index (χ4v) is 1.84. The highest BCUT2D eigenvalue weighted by atomic mass is 16.2. The molecule has 1 heterocycles. The summed E-state index contributed by atoms with van der Waals surface area (Å²) in [5.41, 5.74) is 1.97. The van der Waals surface area contributed by atoms with Crippen LogP contribution < -0.4 is 10.2 Å². The monoisotopic (exact) mass is 214 g/mol. The number of carbonyl (C=O) groups is 1. The summed E-state index contributed by atoms with van der Waals surface area (Å²) in [7, 11) is 0. The molecule has 3 nitrogen and oxygen atoms in total. The number of anilines is 2. The molecule has 1 aliphatic heterocycles. The fraction of sp³-hybridized carbons (Fsp3) is 0.308. The lowest BCUT2D eigenvalue weighted by Crippen LogP contribution is -2.40. The molecule has 1 aromatic carbocycles. The summed E-state index contributed by atoms with van der Waals surface area (Å²) < 4.78 is 0. The maximum Gasteiger partial charge on any atom is 0.246 e. The molecule has 0 aromatic heterocycles. The Morgan fingerprint density at radius 1 is 1.44 bits per heavy atom. The fourth-order valence-electron chi connectivity index (χ4n) is 1.84. The van der Waals surface area contributed by atoms with E-state index >= 15 is 0 Å². The average Bonchev–Trinajstić information content (AvgIpc) is 2.32. The van der Waals surface area contributed by atoms with E-state index in [9.17, 15) is 4.79 Å². The van der Waals surface area contributed by atoms with Crippen LogP contribution in [0.5, 0.6) is 0 Å². The summed E-state index contributed by atoms with van der Waals surface area (Å²) in [5.74, 6) is 2.70. The van der Waals surface area contributed by atoms with Crippen LogP contribution in [0.1, 0.15) is 12.8 Å². The van der Waals surface area contributed by atoms with Crippen LogP contribution in [0.3, 0.4) is 0 Å². The summed E-state index contributed by atoms with van der Waals surface area (Å²) in [6, 6.07) is 7.83. The Hall–Kier alpha value is -1.95. The lowest BCUT2D eigenvalue weighted by Gasteiger charge is -2.30. The van der Waals surface area contributed by atoms with E-state index in [4.69, 9.17) is 6.42 Å². The molecule has 0 saturated carbocycles. The van der Waals surface area contributed by atoms with Gasteiger partial charge in [-0.15, -0.1) is 12.3 Å². The quantitative estimate of drug-likeness (QED) is 0.615. The van der Waals surface area contributed by atoms with Crippen molar-refractivity contribution in [1.82, 2.24) is 0 Å². The van der Waals surface area contributed by atoms with Gasteiger partial charge in [-0.2, -0.15) is 0 Å². The van der Waals surface area contributed by atoms with E-state index in [1.54, 1.807) is 0 Å². The molecule has 82 valence electrons. The van der Waals surface area contributed by atoms with Gasteiger partial charge in [0.2, 0.25) is 5.91 Å². The van der Waals surface area contributed by atoms with Crippen molar-refractivity contribution >= 4 is 17.3 Å². The molecule has 0 aliphatic carbocycles. The lowest BCUT2D eigenvalue weighted by atomic mass is 10.1. The van der Waals surface area contributed by atoms with Crippen molar-refractivity contribution in [2.45, 2.75) is 12.8 Å². The number of nitrogens with zero attached hydrogens (tertiary/aromatic N) is 1. The van der Waals surface area contributed by atoms with E-state index in [1.807, 2.05) is 29.2 Å². The Morgan fingerprint density at radius 3 is 3.06 bits per heavy atom. The Bertz CT molecular complexity index is 434. The van der Waals surface area contributed by atoms with Crippen LogP contribution in [0.15, 0.2) is 24.3 Å². The van der Waals surface area contributed by atoms with E-state index in [1.165, 1.54) is 0 Å². The van der Waals surface area contributed by atoms with Crippen LogP contribution in [0.4, 0.5) is 11.4 Å². The molecule has 1 aliphatic rings. The molecule has 0 spiro atoms. The van der Waals surface area contributed by atoms with Gasteiger partial charge < -0.3 is 10.2 Å². The molecule has 16 heavy (non-hydrogen) atoms. The number of para-hydroxylation sites is 2. The molecule has 1 aromatic rings. The van der Waals surface area contributed by atoms with Crippen molar-refractivity contribution in [3.8, 4) is 12.3 Å². The second kappa shape index (κ2) is 4.71. The first kappa shape index (κ1) is 10.6. The van der Waals surface area contributed by atoms with Crippen LogP contribution >= 0.6 is 0 Å². The standard InChI is InChI=1S/C13H14N2O/c1-2-3-6-9-15-12-8-5-4-7-11(12)14-10-13(15)16/h1,4-5,7-8,14H,3,6,9-10H2. The maximum absolute atomic E-state index is 11.8. The van der Waals surface area contributed by atoms with E-state index < -0.39 is 0 Å². The van der Waals surface area contributed by atoms with E-state index in [0.717, 1.165) is 17.8 Å². The summed E-state index contributed by atoms with van der Waals surface area (Å²) in [6.07, 6.45) is 6.76. The number of benzene rings is 1. The van der Waals surface area contributed by atoms with E-state index in [-0.39, 0.29) is 5.91 Å². The summed E-state index contributed by atoms with van der Waals surface area (Å²) >= 11 is 0. The Morgan fingerprint density at radius 2 is 2.25 bits per heavy atom. The summed E-state index contributed by atoms with van der Waals surface area (Å²) in [5, 5.41) is 3.10. The molecule has 0 fully saturated rings. The third kappa shape index (κ3) is 2.01. The molecular formula is C13H14N2O. The SMILES string of the molecule is C#CCCCN1C(=O)CNc2ccccc21. The number of amides is 1. The Balaban J connectivity index is 2.17. The minimum atomic E-state index is 0.107. The number of hydrogen-bond acceptors (Lipinski definition) is 2. The molecule has 0 radical (unpaired) electrons. The van der Waals surface area contributed by atoms with Gasteiger partial charge in [-0.25, -0.2) is 0 Å². The zero-order chi connectivity index (χ0) is 11.4. The highest BCUT2D eigenvalue weighted by molar-refractivity contribution is 6.02. The largest absolute Gasteiger partial charge is 0.374 e. The molecule has 0 saturated heterocycles. The third-order valence-electron chi connectivity index (χ3n) is 2.63. The van der Waals surface area contributed by atoms with Gasteiger partial charge in [-0.1, -0.05) is 12.1 Å². The number of rotatable bonds is 3. The number of unbranched alkanes of at least 4 members (excludes halogenated alkanes) is 1. The minimum Gasteiger partial charge on any atom is -0.374 e. The number of fused-ring (bicyclic) bond motifs is 1. The second-order valence-corrected chi connectivity index (χ2v) is 3.72. The van der Waals surface area contributed by atoms with Crippen molar-refractivity contribution in [3.63, 3.8) is 0 Å². The topological polar surface area (TPSA) is 32.3 Å². The van der Waals surface area contributed by atoms with Crippen molar-refractivity contribution in [3.05, 3.63) is 24.3 Å². The molecule has 1 N–H and O–H groups in total. The third-order valence-corrected chi connectivity index (χ3v) is 2.63. The van der Waals surface area contributed by atoms with Gasteiger partial charge in [0.05, 0.1) is 17.9 Å². The molecule has 0 bridgehead atoms. The predicted molar refractivity (Wildman–Crippen MR) is 65.4 cm³/mol. The van der Waals surface area contributed by atoms with Gasteiger partial charge >= 0.3 is 0 Å². The molecule has 0 atom stereocenters. The first-order valence-corrected chi connectivity index (χ1v) is 5.39. The van der Waals surface area contributed by atoms with Crippen LogP contribution in [0.25, 0.3) is 0 Å². The molecule has 0 unspecified atom stereocenters. The van der Waals surface area contributed by atoms with Crippen LogP contribution in [0, 0.1) is 12.3 Å². The molecule has 2 rings (SSSR count). The van der Waals surface area contributed by atoms with Crippen molar-refractivity contribution < 1.29 is 4.79 Å². The molecule has 1 amide bonds. The van der Waals surface area contributed by atoms with Crippen LogP contribution in [0.2, 0.25) is 0 Å². The average molecular weight is 214 g/mol. The van der Waals surface area contributed by atoms with Gasteiger partial charge in [0, 0.05) is 13.0 Å². The lowest BCUT2D eigenvalue weighted by molar-refractivity contribution is -0.117. The first-order valence-electron chi connectivity index (χ1n) is 5.39. The normalized spacial score (nSPS) is 13.9. The first-order chi connectivity index (χ1) is 7.83. The van der Waals surface area contributed by atoms with E-state index in [2.05, 4.69) is 11.2 Å². The Labute approximate surface area is 95.5 Å². The number of carbonyl (C=O) groups excluding carboxylic acids is 1. The molecule has 3 heteroatoms. The van der Waals surface area contributed by atoms with Crippen molar-refractivity contribution in [2.75, 3.05) is 23.3 Å². The van der Waals surface area contributed by atoms with Crippen molar-refractivity contribution in [1.29, 1.82) is 0 Å². The van der Waals surface area contributed by atoms with Crippen LogP contribution in [-0.4, -0.2) is 19.0 Å². The van der Waals surface area contributed by atoms with Gasteiger partial charge in [0.15, 0.2) is 0 Å². The molecular weight excluding hydrogens is 200 g/mol. The zero-order valence-electron chi connectivity index (χ0n) is 9.07. The van der Waals surface area contributed by atoms with Crippen molar-refractivity contribution in [2.24, 2.45) is 0 Å². The van der Waals surface area contributed by atoms with Crippen LogP contribution in [-0.2, 0) is 4.79 Å². The Kier molecular flexibility index (Phi) is 3.11. The highest BCUT2D eigenvalue weighted by Gasteiger charge is 2.22. The predicted octanol–water partition coefficient (Wildman–Crippen LogP) is 1.86. The number of terminal acetylenes is 1. The zero-order valence-corrected chi connectivity index (χ0v) is 9.07. The summed E-state index contributed by atoms with van der Waals surface area (Å²) in [4.78, 5) is 13.6. The minimum absolute atomic E-state index is 0.107. The number of hydrogen-bond donors (Lipinski definition) is 1. The maximum atomic E-state index is 11.8.